The summed E-state index contributed by atoms with van der Waals surface area (Å²) in [5.41, 5.74) is 1.57. The van der Waals surface area contributed by atoms with Gasteiger partial charge in [0, 0.05) is 12.5 Å². The number of nitrogens with zero attached hydrogens (tertiary/aromatic N) is 4. The van der Waals surface area contributed by atoms with Gasteiger partial charge in [0.05, 0.1) is 5.69 Å². The third kappa shape index (κ3) is 1.21. The molecule has 4 nitrogen and oxygen atoms in total. The fourth-order valence-electron chi connectivity index (χ4n) is 1.72. The first-order valence-corrected chi connectivity index (χ1v) is 4.70. The van der Waals surface area contributed by atoms with Crippen molar-refractivity contribution in [2.24, 2.45) is 0 Å². The van der Waals surface area contributed by atoms with E-state index in [2.05, 4.69) is 16.4 Å². The lowest BCUT2D eigenvalue weighted by Crippen LogP contribution is -2.15. The zero-order valence-electron chi connectivity index (χ0n) is 7.69. The van der Waals surface area contributed by atoms with Crippen LogP contribution in [-0.2, 0) is 6.54 Å². The molecule has 1 aliphatic carbocycles. The maximum Gasteiger partial charge on any atom is 0.186 e. The molecule has 1 aromatic heterocycles. The van der Waals surface area contributed by atoms with Gasteiger partial charge in [0.1, 0.15) is 6.07 Å². The minimum Gasteiger partial charge on any atom is -0.248 e. The molecule has 0 atom stereocenters. The molecule has 1 saturated carbocycles. The first kappa shape index (κ1) is 8.24. The molecule has 2 rings (SSSR count). The molecular formula is C9H12N4. The standard InChI is InChI=1S/C9H12N4/c1-2-13-9(7-4-3-5-7)8(6-10)11-12-13/h7H,2-5H2,1H3. The van der Waals surface area contributed by atoms with Crippen LogP contribution in [-0.4, -0.2) is 15.0 Å². The zero-order valence-corrected chi connectivity index (χ0v) is 7.69. The minimum atomic E-state index is 0.520. The zero-order chi connectivity index (χ0) is 9.26. The Morgan fingerprint density at radius 3 is 2.85 bits per heavy atom. The molecule has 0 N–H and O–H groups in total. The second-order valence-electron chi connectivity index (χ2n) is 3.38. The molecule has 0 aliphatic heterocycles. The average molecular weight is 176 g/mol. The highest BCUT2D eigenvalue weighted by molar-refractivity contribution is 5.28. The monoisotopic (exact) mass is 176 g/mol. The van der Waals surface area contributed by atoms with Crippen molar-refractivity contribution < 1.29 is 0 Å². The number of aromatic nitrogens is 3. The summed E-state index contributed by atoms with van der Waals surface area (Å²) < 4.78 is 1.85. The molecule has 1 aliphatic rings. The van der Waals surface area contributed by atoms with Crippen LogP contribution >= 0.6 is 0 Å². The van der Waals surface area contributed by atoms with E-state index in [-0.39, 0.29) is 0 Å². The van der Waals surface area contributed by atoms with E-state index in [1.807, 2.05) is 11.6 Å². The molecule has 0 bridgehead atoms. The number of nitriles is 1. The second kappa shape index (κ2) is 3.17. The first-order chi connectivity index (χ1) is 6.36. The Morgan fingerprint density at radius 2 is 2.38 bits per heavy atom. The highest BCUT2D eigenvalue weighted by Crippen LogP contribution is 2.37. The Morgan fingerprint density at radius 1 is 1.62 bits per heavy atom. The normalized spacial score (nSPS) is 16.6. The molecular weight excluding hydrogens is 164 g/mol. The van der Waals surface area contributed by atoms with Crippen molar-refractivity contribution in [3.05, 3.63) is 11.4 Å². The van der Waals surface area contributed by atoms with Crippen molar-refractivity contribution in [3.63, 3.8) is 0 Å². The summed E-state index contributed by atoms with van der Waals surface area (Å²) >= 11 is 0. The SMILES string of the molecule is CCn1nnc(C#N)c1C1CCC1. The van der Waals surface area contributed by atoms with Crippen LogP contribution in [0, 0.1) is 11.3 Å². The van der Waals surface area contributed by atoms with E-state index in [0.29, 0.717) is 11.6 Å². The predicted molar refractivity (Wildman–Crippen MR) is 47.0 cm³/mol. The smallest absolute Gasteiger partial charge is 0.186 e. The summed E-state index contributed by atoms with van der Waals surface area (Å²) in [5.74, 6) is 0.532. The molecule has 13 heavy (non-hydrogen) atoms. The summed E-state index contributed by atoms with van der Waals surface area (Å²) in [7, 11) is 0. The van der Waals surface area contributed by atoms with Crippen molar-refractivity contribution >= 4 is 0 Å². The van der Waals surface area contributed by atoms with Gasteiger partial charge in [-0.25, -0.2) is 4.68 Å². The van der Waals surface area contributed by atoms with Crippen LogP contribution < -0.4 is 0 Å². The van der Waals surface area contributed by atoms with Gasteiger partial charge >= 0.3 is 0 Å². The van der Waals surface area contributed by atoms with Gasteiger partial charge in [-0.15, -0.1) is 5.10 Å². The van der Waals surface area contributed by atoms with Gasteiger partial charge in [-0.1, -0.05) is 11.6 Å². The predicted octanol–water partition coefficient (Wildman–Crippen LogP) is 1.44. The minimum absolute atomic E-state index is 0.520. The van der Waals surface area contributed by atoms with Gasteiger partial charge in [-0.3, -0.25) is 0 Å². The van der Waals surface area contributed by atoms with E-state index < -0.39 is 0 Å². The Kier molecular flexibility index (Phi) is 2.01. The quantitative estimate of drug-likeness (QED) is 0.685. The molecule has 4 heteroatoms. The highest BCUT2D eigenvalue weighted by atomic mass is 15.4. The molecule has 0 spiro atoms. The molecule has 0 amide bonds. The molecule has 0 saturated heterocycles. The van der Waals surface area contributed by atoms with Crippen molar-refractivity contribution in [3.8, 4) is 6.07 Å². The van der Waals surface area contributed by atoms with Gasteiger partial charge in [0.25, 0.3) is 0 Å². The van der Waals surface area contributed by atoms with E-state index in [1.54, 1.807) is 0 Å². The van der Waals surface area contributed by atoms with Gasteiger partial charge in [0.15, 0.2) is 5.69 Å². The van der Waals surface area contributed by atoms with Crippen LogP contribution in [0.3, 0.4) is 0 Å². The molecule has 0 aromatic carbocycles. The average Bonchev–Trinajstić information content (AvgIpc) is 2.45. The van der Waals surface area contributed by atoms with Crippen molar-refractivity contribution in [2.75, 3.05) is 0 Å². The molecule has 0 radical (unpaired) electrons. The van der Waals surface area contributed by atoms with E-state index in [9.17, 15) is 0 Å². The topological polar surface area (TPSA) is 54.5 Å². The van der Waals surface area contributed by atoms with Crippen LogP contribution in [0.5, 0.6) is 0 Å². The Hall–Kier alpha value is -1.37. The summed E-state index contributed by atoms with van der Waals surface area (Å²) in [6.07, 6.45) is 3.63. The number of hydrogen-bond acceptors (Lipinski definition) is 3. The maximum absolute atomic E-state index is 8.83. The molecule has 1 heterocycles. The third-order valence-electron chi connectivity index (χ3n) is 2.67. The van der Waals surface area contributed by atoms with Gasteiger partial charge in [-0.2, -0.15) is 5.26 Å². The molecule has 1 aromatic rings. The number of aryl methyl sites for hydroxylation is 1. The van der Waals surface area contributed by atoms with E-state index >= 15 is 0 Å². The summed E-state index contributed by atoms with van der Waals surface area (Å²) in [4.78, 5) is 0. The molecule has 1 fully saturated rings. The largest absolute Gasteiger partial charge is 0.248 e. The maximum atomic E-state index is 8.83. The van der Waals surface area contributed by atoms with Crippen LogP contribution in [0.1, 0.15) is 43.5 Å². The van der Waals surface area contributed by atoms with Crippen LogP contribution in [0.15, 0.2) is 0 Å². The summed E-state index contributed by atoms with van der Waals surface area (Å²) in [6.45, 7) is 2.83. The van der Waals surface area contributed by atoms with Crippen LogP contribution in [0.2, 0.25) is 0 Å². The van der Waals surface area contributed by atoms with E-state index in [4.69, 9.17) is 5.26 Å². The van der Waals surface area contributed by atoms with E-state index in [0.717, 1.165) is 12.2 Å². The van der Waals surface area contributed by atoms with Crippen molar-refractivity contribution in [1.29, 1.82) is 5.26 Å². The summed E-state index contributed by atoms with van der Waals surface area (Å²) in [5, 5.41) is 16.6. The van der Waals surface area contributed by atoms with Gasteiger partial charge in [0.2, 0.25) is 0 Å². The number of hydrogen-bond donors (Lipinski definition) is 0. The van der Waals surface area contributed by atoms with E-state index in [1.165, 1.54) is 19.3 Å². The van der Waals surface area contributed by atoms with Gasteiger partial charge in [-0.05, 0) is 19.8 Å². The second-order valence-corrected chi connectivity index (χ2v) is 3.38. The lowest BCUT2D eigenvalue weighted by atomic mass is 9.82. The highest BCUT2D eigenvalue weighted by Gasteiger charge is 2.27. The number of rotatable bonds is 2. The van der Waals surface area contributed by atoms with Gasteiger partial charge < -0.3 is 0 Å². The molecule has 68 valence electrons. The summed E-state index contributed by atoms with van der Waals surface area (Å²) in [6, 6.07) is 2.10. The lowest BCUT2D eigenvalue weighted by molar-refractivity contribution is 0.389. The Bertz CT molecular complexity index is 343. The van der Waals surface area contributed by atoms with Crippen molar-refractivity contribution in [2.45, 2.75) is 38.6 Å². The fraction of sp³-hybridized carbons (Fsp3) is 0.667. The van der Waals surface area contributed by atoms with Crippen LogP contribution in [0.25, 0.3) is 0 Å². The molecule has 0 unspecified atom stereocenters. The fourth-order valence-corrected chi connectivity index (χ4v) is 1.72. The Labute approximate surface area is 77.2 Å². The third-order valence-corrected chi connectivity index (χ3v) is 2.67. The van der Waals surface area contributed by atoms with Crippen LogP contribution in [0.4, 0.5) is 0 Å². The lowest BCUT2D eigenvalue weighted by Gasteiger charge is -2.25. The first-order valence-electron chi connectivity index (χ1n) is 4.70. The van der Waals surface area contributed by atoms with Crippen molar-refractivity contribution in [1.82, 2.24) is 15.0 Å². The Balaban J connectivity index is 2.38.